The van der Waals surface area contributed by atoms with Gasteiger partial charge in [-0.2, -0.15) is 13.2 Å². The highest BCUT2D eigenvalue weighted by atomic mass is 19.4. The molecule has 7 nitrogen and oxygen atoms in total. The molecule has 32 heavy (non-hydrogen) atoms. The number of fused-ring (bicyclic) bond motifs is 1. The highest BCUT2D eigenvalue weighted by molar-refractivity contribution is 5.95. The van der Waals surface area contributed by atoms with Crippen molar-refractivity contribution < 1.29 is 32.5 Å². The van der Waals surface area contributed by atoms with E-state index in [1.807, 2.05) is 0 Å². The first-order chi connectivity index (χ1) is 15.4. The molecule has 1 atom stereocenters. The Hall–Kier alpha value is -3.24. The number of pyridine rings is 2. The second-order valence-corrected chi connectivity index (χ2v) is 7.86. The third-order valence-corrected chi connectivity index (χ3v) is 5.72. The summed E-state index contributed by atoms with van der Waals surface area (Å²) in [5, 5.41) is 0.746. The molecule has 1 aromatic carbocycles. The molecule has 2 aliphatic heterocycles. The highest BCUT2D eigenvalue weighted by Gasteiger charge is 2.44. The van der Waals surface area contributed by atoms with Gasteiger partial charge in [0.05, 0.1) is 24.2 Å². The number of nitrogens with zero attached hydrogens (tertiary/aromatic N) is 3. The van der Waals surface area contributed by atoms with Crippen molar-refractivity contribution in [3.05, 3.63) is 53.9 Å². The first-order valence-electron chi connectivity index (χ1n) is 10.0. The van der Waals surface area contributed by atoms with Crippen molar-refractivity contribution >= 4 is 22.9 Å². The topological polar surface area (TPSA) is 73.8 Å². The van der Waals surface area contributed by atoms with Crippen molar-refractivity contribution in [2.24, 2.45) is 0 Å². The fourth-order valence-electron chi connectivity index (χ4n) is 4.08. The highest BCUT2D eigenvalue weighted by Crippen LogP contribution is 2.39. The molecule has 0 saturated carbocycles. The van der Waals surface area contributed by atoms with Gasteiger partial charge in [-0.15, -0.1) is 0 Å². The monoisotopic (exact) mass is 445 g/mol. The zero-order valence-electron chi connectivity index (χ0n) is 16.8. The summed E-state index contributed by atoms with van der Waals surface area (Å²) in [6, 6.07) is 8.87. The van der Waals surface area contributed by atoms with E-state index in [9.17, 15) is 18.0 Å². The molecule has 0 bridgehead atoms. The van der Waals surface area contributed by atoms with Crippen molar-refractivity contribution in [3.8, 4) is 11.6 Å². The normalized spacial score (nSPS) is 20.9. The molecule has 2 saturated heterocycles. The summed E-state index contributed by atoms with van der Waals surface area (Å²) >= 11 is 0. The Morgan fingerprint density at radius 1 is 1.16 bits per heavy atom. The van der Waals surface area contributed by atoms with Crippen LogP contribution < -0.4 is 9.64 Å². The largest absolute Gasteiger partial charge is 0.439 e. The van der Waals surface area contributed by atoms with Crippen LogP contribution in [0, 0.1) is 0 Å². The van der Waals surface area contributed by atoms with Crippen LogP contribution in [0.1, 0.15) is 28.9 Å². The van der Waals surface area contributed by atoms with E-state index >= 15 is 0 Å². The molecule has 4 heterocycles. The van der Waals surface area contributed by atoms with Crippen LogP contribution in [0.2, 0.25) is 0 Å². The SMILES string of the molecule is O=Cc1cc(N2CCC3(CCOO3)C2)c2cc(Oc3ccc(C(F)(F)F)cn3)ccc2n1. The lowest BCUT2D eigenvalue weighted by molar-refractivity contribution is -0.303. The van der Waals surface area contributed by atoms with Crippen LogP contribution in [0.15, 0.2) is 42.6 Å². The van der Waals surface area contributed by atoms with Crippen LogP contribution in [-0.4, -0.2) is 41.6 Å². The number of rotatable bonds is 4. The van der Waals surface area contributed by atoms with Crippen molar-refractivity contribution in [2.45, 2.75) is 24.6 Å². The fourth-order valence-corrected chi connectivity index (χ4v) is 4.08. The summed E-state index contributed by atoms with van der Waals surface area (Å²) in [6.07, 6.45) is -1.46. The Kier molecular flexibility index (Phi) is 4.98. The number of benzene rings is 1. The quantitative estimate of drug-likeness (QED) is 0.431. The molecular weight excluding hydrogens is 427 g/mol. The smallest absolute Gasteiger partial charge is 0.417 e. The Morgan fingerprint density at radius 3 is 2.72 bits per heavy atom. The van der Waals surface area contributed by atoms with Gasteiger partial charge in [0.15, 0.2) is 6.29 Å². The van der Waals surface area contributed by atoms with Gasteiger partial charge in [-0.1, -0.05) is 0 Å². The molecule has 2 aromatic heterocycles. The van der Waals surface area contributed by atoms with Gasteiger partial charge in [0.2, 0.25) is 5.88 Å². The molecule has 0 radical (unpaired) electrons. The van der Waals surface area contributed by atoms with E-state index < -0.39 is 11.7 Å². The number of aromatic nitrogens is 2. The molecular formula is C22H18F3N3O4. The van der Waals surface area contributed by atoms with E-state index in [0.717, 1.165) is 36.2 Å². The van der Waals surface area contributed by atoms with Crippen molar-refractivity contribution in [3.63, 3.8) is 0 Å². The average molecular weight is 445 g/mol. The number of halogens is 3. The Balaban J connectivity index is 1.47. The minimum absolute atomic E-state index is 0.0352. The van der Waals surface area contributed by atoms with E-state index in [-0.39, 0.29) is 11.5 Å². The molecule has 1 spiro atoms. The van der Waals surface area contributed by atoms with Crippen LogP contribution >= 0.6 is 0 Å². The first kappa shape index (κ1) is 20.7. The summed E-state index contributed by atoms with van der Waals surface area (Å²) in [5.41, 5.74) is 0.486. The van der Waals surface area contributed by atoms with Crippen LogP contribution in [0.5, 0.6) is 11.6 Å². The van der Waals surface area contributed by atoms with Gasteiger partial charge >= 0.3 is 6.18 Å². The summed E-state index contributed by atoms with van der Waals surface area (Å²) in [7, 11) is 0. The molecule has 0 amide bonds. The number of alkyl halides is 3. The number of hydrogen-bond donors (Lipinski definition) is 0. The van der Waals surface area contributed by atoms with Gasteiger partial charge < -0.3 is 9.64 Å². The standard InChI is InChI=1S/C22H18F3N3O4/c23-22(24,25)14-1-4-20(26-11-14)31-16-2-3-18-17(10-16)19(9-15(12-29)27-18)28-7-5-21(13-28)6-8-30-32-21/h1-4,9-12H,5-8,13H2. The second kappa shape index (κ2) is 7.72. The molecule has 5 rings (SSSR count). The second-order valence-electron chi connectivity index (χ2n) is 7.86. The minimum Gasteiger partial charge on any atom is -0.439 e. The third-order valence-electron chi connectivity index (χ3n) is 5.72. The van der Waals surface area contributed by atoms with Gasteiger partial charge in [-0.25, -0.2) is 19.7 Å². The molecule has 2 fully saturated rings. The van der Waals surface area contributed by atoms with Crippen molar-refractivity contribution in [1.29, 1.82) is 0 Å². The molecule has 166 valence electrons. The van der Waals surface area contributed by atoms with Gasteiger partial charge in [0.1, 0.15) is 17.0 Å². The molecule has 0 N–H and O–H groups in total. The van der Waals surface area contributed by atoms with Crippen LogP contribution in [-0.2, 0) is 16.0 Å². The molecule has 0 aliphatic carbocycles. The lowest BCUT2D eigenvalue weighted by Gasteiger charge is -2.23. The summed E-state index contributed by atoms with van der Waals surface area (Å²) in [4.78, 5) is 32.3. The number of carbonyl (C=O) groups is 1. The molecule has 3 aromatic rings. The van der Waals surface area contributed by atoms with E-state index in [0.29, 0.717) is 42.9 Å². The molecule has 2 aliphatic rings. The number of carbonyl (C=O) groups excluding carboxylic acids is 1. The van der Waals surface area contributed by atoms with Crippen LogP contribution in [0.25, 0.3) is 10.9 Å². The fraction of sp³-hybridized carbons (Fsp3) is 0.318. The van der Waals surface area contributed by atoms with Gasteiger partial charge in [-0.05, 0) is 36.8 Å². The average Bonchev–Trinajstić information content (AvgIpc) is 3.42. The first-order valence-corrected chi connectivity index (χ1v) is 10.0. The molecule has 10 heteroatoms. The van der Waals surface area contributed by atoms with E-state index in [2.05, 4.69) is 14.9 Å². The molecule has 1 unspecified atom stereocenters. The van der Waals surface area contributed by atoms with Crippen LogP contribution in [0.4, 0.5) is 18.9 Å². The van der Waals surface area contributed by atoms with Crippen molar-refractivity contribution in [1.82, 2.24) is 9.97 Å². The van der Waals surface area contributed by atoms with Crippen LogP contribution in [0.3, 0.4) is 0 Å². The Morgan fingerprint density at radius 2 is 2.03 bits per heavy atom. The Labute approximate surface area is 180 Å². The maximum Gasteiger partial charge on any atom is 0.417 e. The van der Waals surface area contributed by atoms with Crippen molar-refractivity contribution in [2.75, 3.05) is 24.6 Å². The van der Waals surface area contributed by atoms with Gasteiger partial charge in [-0.3, -0.25) is 4.79 Å². The summed E-state index contributed by atoms with van der Waals surface area (Å²) in [6.45, 7) is 1.87. The number of ether oxygens (including phenoxy) is 1. The van der Waals surface area contributed by atoms with E-state index in [4.69, 9.17) is 14.5 Å². The number of aldehydes is 1. The lowest BCUT2D eigenvalue weighted by Crippen LogP contribution is -2.32. The van der Waals surface area contributed by atoms with Gasteiger partial charge in [0.25, 0.3) is 0 Å². The zero-order valence-corrected chi connectivity index (χ0v) is 16.8. The summed E-state index contributed by atoms with van der Waals surface area (Å²) < 4.78 is 43.9. The predicted octanol–water partition coefficient (Wildman–Crippen LogP) is 4.55. The third kappa shape index (κ3) is 3.87. The van der Waals surface area contributed by atoms with Gasteiger partial charge in [0, 0.05) is 36.3 Å². The Bertz CT molecular complexity index is 1160. The summed E-state index contributed by atoms with van der Waals surface area (Å²) in [5.74, 6) is 0.425. The number of anilines is 1. The predicted molar refractivity (Wildman–Crippen MR) is 108 cm³/mol. The van der Waals surface area contributed by atoms with E-state index in [1.165, 1.54) is 6.07 Å². The lowest BCUT2D eigenvalue weighted by atomic mass is 10.0. The maximum absolute atomic E-state index is 12.8. The number of hydrogen-bond acceptors (Lipinski definition) is 7. The van der Waals surface area contributed by atoms with E-state index in [1.54, 1.807) is 24.3 Å². The zero-order chi connectivity index (χ0) is 22.3. The maximum atomic E-state index is 12.8. The minimum atomic E-state index is -4.47.